The summed E-state index contributed by atoms with van der Waals surface area (Å²) in [5.41, 5.74) is 1.21. The van der Waals surface area contributed by atoms with E-state index in [1.54, 1.807) is 17.9 Å². The molecular formula is C15H20FNO2. The third kappa shape index (κ3) is 3.13. The van der Waals surface area contributed by atoms with Crippen molar-refractivity contribution in [2.45, 2.75) is 45.3 Å². The van der Waals surface area contributed by atoms with Gasteiger partial charge in [-0.2, -0.15) is 0 Å². The average molecular weight is 265 g/mol. The molecule has 1 amide bonds. The van der Waals surface area contributed by atoms with Gasteiger partial charge in [-0.1, -0.05) is 6.07 Å². The van der Waals surface area contributed by atoms with E-state index in [-0.39, 0.29) is 17.8 Å². The van der Waals surface area contributed by atoms with Crippen LogP contribution in [0, 0.1) is 12.7 Å². The second kappa shape index (κ2) is 5.70. The van der Waals surface area contributed by atoms with Gasteiger partial charge in [0.1, 0.15) is 5.82 Å². The molecule has 0 aliphatic carbocycles. The zero-order valence-electron chi connectivity index (χ0n) is 11.4. The summed E-state index contributed by atoms with van der Waals surface area (Å²) in [6.45, 7) is 4.23. The summed E-state index contributed by atoms with van der Waals surface area (Å²) < 4.78 is 13.3. The van der Waals surface area contributed by atoms with E-state index in [1.807, 2.05) is 6.92 Å². The maximum atomic E-state index is 13.3. The molecule has 2 rings (SSSR count). The highest BCUT2D eigenvalue weighted by Gasteiger charge is 2.30. The maximum absolute atomic E-state index is 13.3. The van der Waals surface area contributed by atoms with Crippen molar-refractivity contribution < 1.29 is 14.3 Å². The second-order valence-electron chi connectivity index (χ2n) is 5.34. The van der Waals surface area contributed by atoms with Crippen molar-refractivity contribution in [3.8, 4) is 0 Å². The number of hydrogen-bond donors (Lipinski definition) is 1. The fraction of sp³-hybridized carbons (Fsp3) is 0.533. The first-order chi connectivity index (χ1) is 8.99. The lowest BCUT2D eigenvalue weighted by Crippen LogP contribution is -2.37. The van der Waals surface area contributed by atoms with E-state index in [0.717, 1.165) is 18.4 Å². The lowest BCUT2D eigenvalue weighted by Gasteiger charge is -2.26. The topological polar surface area (TPSA) is 40.5 Å². The molecule has 1 aliphatic rings. The molecule has 104 valence electrons. The van der Waals surface area contributed by atoms with Crippen LogP contribution in [0.5, 0.6) is 0 Å². The number of benzene rings is 1. The van der Waals surface area contributed by atoms with Crippen LogP contribution in [0.15, 0.2) is 18.2 Å². The van der Waals surface area contributed by atoms with Gasteiger partial charge >= 0.3 is 0 Å². The third-order valence-electron chi connectivity index (χ3n) is 3.68. The van der Waals surface area contributed by atoms with Gasteiger partial charge in [-0.15, -0.1) is 0 Å². The first-order valence-corrected chi connectivity index (χ1v) is 6.74. The summed E-state index contributed by atoms with van der Waals surface area (Å²) >= 11 is 0. The highest BCUT2D eigenvalue weighted by molar-refractivity contribution is 5.96. The van der Waals surface area contributed by atoms with Gasteiger partial charge in [0, 0.05) is 18.2 Å². The number of hydrogen-bond acceptors (Lipinski definition) is 2. The Morgan fingerprint density at radius 3 is 3.00 bits per heavy atom. The van der Waals surface area contributed by atoms with E-state index in [2.05, 4.69) is 0 Å². The Bertz CT molecular complexity index is 473. The van der Waals surface area contributed by atoms with Gasteiger partial charge in [0.15, 0.2) is 0 Å². The monoisotopic (exact) mass is 265 g/mol. The summed E-state index contributed by atoms with van der Waals surface area (Å²) in [6, 6.07) is 4.36. The van der Waals surface area contributed by atoms with E-state index in [4.69, 9.17) is 0 Å². The number of likely N-dealkylation sites (tertiary alicyclic amines) is 1. The Balaban J connectivity index is 2.20. The van der Waals surface area contributed by atoms with Crippen LogP contribution >= 0.6 is 0 Å². The highest BCUT2D eigenvalue weighted by Crippen LogP contribution is 2.25. The molecule has 1 saturated heterocycles. The molecule has 2 atom stereocenters. The molecule has 1 aromatic rings. The van der Waals surface area contributed by atoms with Crippen LogP contribution in [0.4, 0.5) is 4.39 Å². The molecular weight excluding hydrogens is 245 g/mol. The minimum Gasteiger partial charge on any atom is -0.393 e. The predicted octanol–water partition coefficient (Wildman–Crippen LogP) is 2.51. The first-order valence-electron chi connectivity index (χ1n) is 6.74. The number of carbonyl (C=O) groups excluding carboxylic acids is 1. The van der Waals surface area contributed by atoms with Crippen molar-refractivity contribution >= 4 is 5.91 Å². The summed E-state index contributed by atoms with van der Waals surface area (Å²) in [4.78, 5) is 14.3. The van der Waals surface area contributed by atoms with E-state index < -0.39 is 6.10 Å². The molecule has 19 heavy (non-hydrogen) atoms. The van der Waals surface area contributed by atoms with Crippen molar-refractivity contribution in [2.75, 3.05) is 6.54 Å². The van der Waals surface area contributed by atoms with E-state index >= 15 is 0 Å². The van der Waals surface area contributed by atoms with Crippen LogP contribution < -0.4 is 0 Å². The Hall–Kier alpha value is -1.42. The van der Waals surface area contributed by atoms with Crippen LogP contribution in [0.25, 0.3) is 0 Å². The second-order valence-corrected chi connectivity index (χ2v) is 5.34. The lowest BCUT2D eigenvalue weighted by molar-refractivity contribution is 0.0681. The van der Waals surface area contributed by atoms with Crippen LogP contribution in [0.2, 0.25) is 0 Å². The molecule has 0 spiro atoms. The summed E-state index contributed by atoms with van der Waals surface area (Å²) in [6.07, 6.45) is 2.01. The molecule has 0 saturated carbocycles. The van der Waals surface area contributed by atoms with Crippen molar-refractivity contribution in [1.82, 2.24) is 4.90 Å². The molecule has 4 heteroatoms. The minimum atomic E-state index is -0.424. The molecule has 3 nitrogen and oxygen atoms in total. The SMILES string of the molecule is Cc1ccc(F)cc1C(=O)N1CCCC1CC(C)O. The Labute approximate surface area is 113 Å². The smallest absolute Gasteiger partial charge is 0.254 e. The van der Waals surface area contributed by atoms with Crippen LogP contribution in [-0.2, 0) is 0 Å². The molecule has 1 aliphatic heterocycles. The highest BCUT2D eigenvalue weighted by atomic mass is 19.1. The minimum absolute atomic E-state index is 0.0650. The summed E-state index contributed by atoms with van der Waals surface area (Å²) in [5, 5.41) is 9.48. The zero-order chi connectivity index (χ0) is 14.0. The van der Waals surface area contributed by atoms with Crippen LogP contribution in [0.3, 0.4) is 0 Å². The molecule has 1 aromatic carbocycles. The molecule has 2 unspecified atom stereocenters. The molecule has 0 bridgehead atoms. The summed E-state index contributed by atoms with van der Waals surface area (Å²) in [7, 11) is 0. The van der Waals surface area contributed by atoms with E-state index in [9.17, 15) is 14.3 Å². The Kier molecular flexibility index (Phi) is 4.20. The van der Waals surface area contributed by atoms with Gasteiger partial charge in [0.25, 0.3) is 5.91 Å². The third-order valence-corrected chi connectivity index (χ3v) is 3.68. The number of aryl methyl sites for hydroxylation is 1. The average Bonchev–Trinajstić information content (AvgIpc) is 2.78. The zero-order valence-corrected chi connectivity index (χ0v) is 11.4. The quantitative estimate of drug-likeness (QED) is 0.912. The number of halogens is 1. The van der Waals surface area contributed by atoms with Crippen molar-refractivity contribution in [3.05, 3.63) is 35.1 Å². The fourth-order valence-corrected chi connectivity index (χ4v) is 2.72. The van der Waals surface area contributed by atoms with Crippen LogP contribution in [-0.4, -0.2) is 34.6 Å². The standard InChI is InChI=1S/C15H20FNO2/c1-10-5-6-12(16)9-14(10)15(19)17-7-3-4-13(17)8-11(2)18/h5-6,9,11,13,18H,3-4,7-8H2,1-2H3. The normalized spacial score (nSPS) is 20.6. The number of carbonyl (C=O) groups is 1. The number of rotatable bonds is 3. The Morgan fingerprint density at radius 1 is 1.58 bits per heavy atom. The van der Waals surface area contributed by atoms with Gasteiger partial charge < -0.3 is 10.0 Å². The first kappa shape index (κ1) is 14.0. The maximum Gasteiger partial charge on any atom is 0.254 e. The van der Waals surface area contributed by atoms with E-state index in [0.29, 0.717) is 18.5 Å². The number of nitrogens with zero attached hydrogens (tertiary/aromatic N) is 1. The molecule has 1 fully saturated rings. The molecule has 0 radical (unpaired) electrons. The predicted molar refractivity (Wildman–Crippen MR) is 71.5 cm³/mol. The molecule has 0 aromatic heterocycles. The van der Waals surface area contributed by atoms with Crippen molar-refractivity contribution in [1.29, 1.82) is 0 Å². The summed E-state index contributed by atoms with van der Waals surface area (Å²) in [5.74, 6) is -0.514. The van der Waals surface area contributed by atoms with Gasteiger partial charge in [-0.25, -0.2) is 4.39 Å². The van der Waals surface area contributed by atoms with Crippen LogP contribution in [0.1, 0.15) is 42.1 Å². The van der Waals surface area contributed by atoms with Gasteiger partial charge in [-0.05, 0) is 50.8 Å². The van der Waals surface area contributed by atoms with Crippen molar-refractivity contribution in [3.63, 3.8) is 0 Å². The fourth-order valence-electron chi connectivity index (χ4n) is 2.72. The van der Waals surface area contributed by atoms with Crippen molar-refractivity contribution in [2.24, 2.45) is 0 Å². The lowest BCUT2D eigenvalue weighted by atomic mass is 10.0. The Morgan fingerprint density at radius 2 is 2.32 bits per heavy atom. The van der Waals surface area contributed by atoms with Gasteiger partial charge in [0.2, 0.25) is 0 Å². The number of amides is 1. The van der Waals surface area contributed by atoms with Gasteiger partial charge in [0.05, 0.1) is 6.10 Å². The number of aliphatic hydroxyl groups is 1. The molecule has 1 N–H and O–H groups in total. The van der Waals surface area contributed by atoms with E-state index in [1.165, 1.54) is 12.1 Å². The number of aliphatic hydroxyl groups excluding tert-OH is 1. The molecule has 1 heterocycles. The van der Waals surface area contributed by atoms with Gasteiger partial charge in [-0.3, -0.25) is 4.79 Å². The largest absolute Gasteiger partial charge is 0.393 e.